The van der Waals surface area contributed by atoms with Crippen LogP contribution in [0, 0.1) is 11.7 Å². The van der Waals surface area contributed by atoms with Gasteiger partial charge in [-0.15, -0.1) is 0 Å². The summed E-state index contributed by atoms with van der Waals surface area (Å²) in [6.45, 7) is 4.35. The molecule has 1 aliphatic heterocycles. The van der Waals surface area contributed by atoms with Crippen LogP contribution >= 0.6 is 0 Å². The summed E-state index contributed by atoms with van der Waals surface area (Å²) in [7, 11) is 1.77. The summed E-state index contributed by atoms with van der Waals surface area (Å²) in [5.41, 5.74) is -4.36. The summed E-state index contributed by atoms with van der Waals surface area (Å²) >= 11 is 0. The van der Waals surface area contributed by atoms with Crippen LogP contribution in [-0.2, 0) is 6.18 Å². The van der Waals surface area contributed by atoms with Crippen LogP contribution in [0.5, 0.6) is 0 Å². The normalized spacial score (nSPS) is 19.7. The van der Waals surface area contributed by atoms with Gasteiger partial charge in [0.1, 0.15) is 16.9 Å². The van der Waals surface area contributed by atoms with Gasteiger partial charge in [0.2, 0.25) is 5.43 Å². The fourth-order valence-corrected chi connectivity index (χ4v) is 4.61. The van der Waals surface area contributed by atoms with Gasteiger partial charge >= 0.3 is 12.1 Å². The number of nitrogens with one attached hydrogen (secondary N) is 1. The zero-order chi connectivity index (χ0) is 23.6. The van der Waals surface area contributed by atoms with Crippen LogP contribution in [0.3, 0.4) is 0 Å². The minimum atomic E-state index is -4.94. The van der Waals surface area contributed by atoms with Gasteiger partial charge in [0.15, 0.2) is 0 Å². The second-order valence-electron chi connectivity index (χ2n) is 9.19. The molecule has 1 aliphatic carbocycles. The minimum Gasteiger partial charge on any atom is -0.477 e. The highest BCUT2D eigenvalue weighted by Gasteiger charge is 2.44. The first-order valence-electron chi connectivity index (χ1n) is 10.5. The molecule has 2 fully saturated rings. The van der Waals surface area contributed by atoms with E-state index in [1.807, 2.05) is 13.8 Å². The van der Waals surface area contributed by atoms with Crippen molar-refractivity contribution >= 4 is 22.6 Å². The summed E-state index contributed by atoms with van der Waals surface area (Å²) in [4.78, 5) is 25.6. The maximum absolute atomic E-state index is 15.3. The molecule has 0 amide bonds. The van der Waals surface area contributed by atoms with E-state index in [-0.39, 0.29) is 30.6 Å². The van der Waals surface area contributed by atoms with Crippen molar-refractivity contribution in [3.8, 4) is 0 Å². The highest BCUT2D eigenvalue weighted by Crippen LogP contribution is 2.47. The number of anilines is 1. The molecule has 0 bridgehead atoms. The smallest absolute Gasteiger partial charge is 0.420 e. The second-order valence-corrected chi connectivity index (χ2v) is 9.19. The Kier molecular flexibility index (Phi) is 5.27. The van der Waals surface area contributed by atoms with E-state index in [0.717, 1.165) is 12.3 Å². The fourth-order valence-electron chi connectivity index (χ4n) is 4.61. The van der Waals surface area contributed by atoms with Gasteiger partial charge in [-0.3, -0.25) is 4.79 Å². The largest absolute Gasteiger partial charge is 0.477 e. The summed E-state index contributed by atoms with van der Waals surface area (Å²) in [5, 5.41) is 12.0. The molecule has 0 unspecified atom stereocenters. The van der Waals surface area contributed by atoms with Gasteiger partial charge < -0.3 is 19.9 Å². The van der Waals surface area contributed by atoms with Crippen LogP contribution in [0.2, 0.25) is 0 Å². The Labute approximate surface area is 181 Å². The number of hydrogen-bond acceptors (Lipinski definition) is 4. The Morgan fingerprint density at radius 3 is 2.41 bits per heavy atom. The Morgan fingerprint density at radius 2 is 1.88 bits per heavy atom. The molecule has 2 N–H and O–H groups in total. The molecule has 1 saturated heterocycles. The number of pyridine rings is 1. The van der Waals surface area contributed by atoms with Crippen molar-refractivity contribution in [2.45, 2.75) is 50.9 Å². The highest BCUT2D eigenvalue weighted by atomic mass is 19.4. The van der Waals surface area contributed by atoms with Crippen molar-refractivity contribution in [3.05, 3.63) is 39.4 Å². The molecule has 0 radical (unpaired) electrons. The van der Waals surface area contributed by atoms with Gasteiger partial charge in [-0.1, -0.05) is 0 Å². The van der Waals surface area contributed by atoms with Crippen molar-refractivity contribution < 1.29 is 27.5 Å². The quantitative estimate of drug-likeness (QED) is 0.667. The molecule has 10 heteroatoms. The van der Waals surface area contributed by atoms with Gasteiger partial charge in [-0.05, 0) is 52.1 Å². The van der Waals surface area contributed by atoms with Crippen molar-refractivity contribution in [2.24, 2.45) is 5.92 Å². The van der Waals surface area contributed by atoms with Crippen LogP contribution in [0.25, 0.3) is 10.9 Å². The third kappa shape index (κ3) is 3.64. The van der Waals surface area contributed by atoms with Gasteiger partial charge in [0, 0.05) is 30.9 Å². The molecular formula is C22H25F4N3O3. The second kappa shape index (κ2) is 7.47. The number of carboxylic acid groups (broad SMARTS) is 1. The van der Waals surface area contributed by atoms with E-state index in [1.54, 1.807) is 7.05 Å². The predicted molar refractivity (Wildman–Crippen MR) is 112 cm³/mol. The molecule has 1 saturated carbocycles. The number of alkyl halides is 3. The minimum absolute atomic E-state index is 0.0105. The highest BCUT2D eigenvalue weighted by molar-refractivity contribution is 5.95. The lowest BCUT2D eigenvalue weighted by molar-refractivity contribution is -0.136. The van der Waals surface area contributed by atoms with Gasteiger partial charge in [0.25, 0.3) is 0 Å². The third-order valence-electron chi connectivity index (χ3n) is 6.87. The topological polar surface area (TPSA) is 74.6 Å². The molecule has 174 valence electrons. The Hall–Kier alpha value is -2.62. The van der Waals surface area contributed by atoms with Crippen molar-refractivity contribution in [3.63, 3.8) is 0 Å². The number of aromatic carboxylic acids is 1. The van der Waals surface area contributed by atoms with E-state index in [1.165, 1.54) is 9.47 Å². The molecule has 32 heavy (non-hydrogen) atoms. The van der Waals surface area contributed by atoms with Gasteiger partial charge in [-0.25, -0.2) is 9.18 Å². The molecule has 1 aromatic heterocycles. The van der Waals surface area contributed by atoms with E-state index in [9.17, 15) is 27.9 Å². The van der Waals surface area contributed by atoms with E-state index >= 15 is 4.39 Å². The van der Waals surface area contributed by atoms with E-state index in [4.69, 9.17) is 0 Å². The van der Waals surface area contributed by atoms with Crippen LogP contribution in [0.1, 0.15) is 55.1 Å². The SMILES string of the molecule is CNC(C)(C)[C@@H]1CCN(c2c(F)cc3c(=O)c(C(=O)O)cn(C4CC4)c3c2C(F)(F)F)C1. The first-order chi connectivity index (χ1) is 14.9. The van der Waals surface area contributed by atoms with Crippen LogP contribution < -0.4 is 15.6 Å². The average molecular weight is 455 g/mol. The van der Waals surface area contributed by atoms with E-state index in [0.29, 0.717) is 19.3 Å². The Balaban J connectivity index is 2.01. The number of fused-ring (bicyclic) bond motifs is 1. The van der Waals surface area contributed by atoms with Crippen molar-refractivity contribution in [1.29, 1.82) is 0 Å². The zero-order valence-corrected chi connectivity index (χ0v) is 18.0. The summed E-state index contributed by atoms with van der Waals surface area (Å²) in [6, 6.07) is 0.412. The first-order valence-corrected chi connectivity index (χ1v) is 10.5. The maximum atomic E-state index is 15.3. The molecule has 6 nitrogen and oxygen atoms in total. The van der Waals surface area contributed by atoms with Gasteiger partial charge in [0.05, 0.1) is 16.6 Å². The molecule has 2 heterocycles. The van der Waals surface area contributed by atoms with Crippen LogP contribution in [0.4, 0.5) is 23.2 Å². The number of halogens is 4. The molecule has 4 rings (SSSR count). The standard InChI is InChI=1S/C22H25F4N3O3/c1-21(2,27-3)11-6-7-28(9-11)18-15(23)8-13-17(16(18)22(24,25)26)29(12-4-5-12)10-14(19(13)30)20(31)32/h8,10-12,27H,4-7,9H2,1-3H3,(H,31,32)/t11-/m1/s1. The predicted octanol–water partition coefficient (Wildman–Crippen LogP) is 4.02. The lowest BCUT2D eigenvalue weighted by atomic mass is 9.87. The number of benzene rings is 1. The monoisotopic (exact) mass is 455 g/mol. The number of carboxylic acids is 1. The molecule has 2 aromatic rings. The Bertz CT molecular complexity index is 1150. The number of carbonyl (C=O) groups is 1. The fraction of sp³-hybridized carbons (Fsp3) is 0.545. The third-order valence-corrected chi connectivity index (χ3v) is 6.87. The van der Waals surface area contributed by atoms with Crippen LogP contribution in [0.15, 0.2) is 17.1 Å². The summed E-state index contributed by atoms with van der Waals surface area (Å²) in [5.74, 6) is -2.74. The first kappa shape index (κ1) is 22.6. The molecule has 1 aromatic carbocycles. The molecule has 2 aliphatic rings. The zero-order valence-electron chi connectivity index (χ0n) is 18.0. The van der Waals surface area contributed by atoms with E-state index < -0.39 is 51.1 Å². The van der Waals surface area contributed by atoms with Crippen LogP contribution in [-0.4, -0.2) is 41.3 Å². The van der Waals surface area contributed by atoms with E-state index in [2.05, 4.69) is 5.32 Å². The molecule has 1 atom stereocenters. The Morgan fingerprint density at radius 1 is 1.22 bits per heavy atom. The number of aromatic nitrogens is 1. The van der Waals surface area contributed by atoms with Gasteiger partial charge in [-0.2, -0.15) is 13.2 Å². The number of hydrogen-bond donors (Lipinski definition) is 2. The molecular weight excluding hydrogens is 430 g/mol. The summed E-state index contributed by atoms with van der Waals surface area (Å²) in [6.07, 6.45) is -2.28. The van der Waals surface area contributed by atoms with Crippen molar-refractivity contribution in [1.82, 2.24) is 9.88 Å². The average Bonchev–Trinajstić information content (AvgIpc) is 3.42. The number of rotatable bonds is 5. The summed E-state index contributed by atoms with van der Waals surface area (Å²) < 4.78 is 59.8. The number of nitrogens with zero attached hydrogens (tertiary/aromatic N) is 2. The lowest BCUT2D eigenvalue weighted by Crippen LogP contribution is -2.45. The lowest BCUT2D eigenvalue weighted by Gasteiger charge is -2.32. The maximum Gasteiger partial charge on any atom is 0.420 e. The van der Waals surface area contributed by atoms with Crippen molar-refractivity contribution in [2.75, 3.05) is 25.0 Å². The molecule has 0 spiro atoms.